The maximum absolute atomic E-state index is 12.6. The van der Waals surface area contributed by atoms with Crippen LogP contribution in [0, 0.1) is 6.92 Å². The maximum atomic E-state index is 12.6. The van der Waals surface area contributed by atoms with Gasteiger partial charge in [-0.1, -0.05) is 24.3 Å². The number of benzene rings is 1. The highest BCUT2D eigenvalue weighted by molar-refractivity contribution is 7.92. The lowest BCUT2D eigenvalue weighted by Gasteiger charge is -2.28. The highest BCUT2D eigenvalue weighted by atomic mass is 32.2. The van der Waals surface area contributed by atoms with Gasteiger partial charge in [-0.3, -0.25) is 9.10 Å². The molecule has 1 aromatic carbocycles. The van der Waals surface area contributed by atoms with Crippen molar-refractivity contribution in [3.05, 3.63) is 42.5 Å². The second-order valence-corrected chi connectivity index (χ2v) is 7.14. The number of anilines is 1. The summed E-state index contributed by atoms with van der Waals surface area (Å²) in [6, 6.07) is 6.41. The second-order valence-electron chi connectivity index (χ2n) is 5.23. The van der Waals surface area contributed by atoms with Gasteiger partial charge in [0.05, 0.1) is 11.9 Å². The summed E-state index contributed by atoms with van der Waals surface area (Å²) in [5.74, 6) is -0.957. The fourth-order valence-electron chi connectivity index (χ4n) is 2.07. The number of alkyl halides is 3. The normalized spacial score (nSPS) is 11.9. The van der Waals surface area contributed by atoms with E-state index in [0.717, 1.165) is 16.6 Å². The molecule has 0 N–H and O–H groups in total. The molecule has 1 rings (SSSR count). The molecule has 0 aliphatic carbocycles. The molecular formula is C15H19F3N2O3S. The van der Waals surface area contributed by atoms with Gasteiger partial charge in [-0.2, -0.15) is 13.2 Å². The molecule has 1 aromatic rings. The number of rotatable bonds is 7. The van der Waals surface area contributed by atoms with Gasteiger partial charge in [0.15, 0.2) is 0 Å². The lowest BCUT2D eigenvalue weighted by atomic mass is 10.2. The van der Waals surface area contributed by atoms with Gasteiger partial charge >= 0.3 is 6.18 Å². The van der Waals surface area contributed by atoms with Crippen molar-refractivity contribution in [2.75, 3.05) is 30.2 Å². The molecule has 0 saturated heterocycles. The van der Waals surface area contributed by atoms with Gasteiger partial charge in [0.25, 0.3) is 0 Å². The molecule has 24 heavy (non-hydrogen) atoms. The Bertz CT molecular complexity index is 702. The van der Waals surface area contributed by atoms with Gasteiger partial charge < -0.3 is 4.90 Å². The molecule has 1 amide bonds. The number of carbonyl (C=O) groups is 1. The Labute approximate surface area is 139 Å². The highest BCUT2D eigenvalue weighted by Crippen LogP contribution is 2.23. The van der Waals surface area contributed by atoms with Crippen LogP contribution in [0.25, 0.3) is 0 Å². The second kappa shape index (κ2) is 7.69. The fourth-order valence-corrected chi connectivity index (χ4v) is 2.98. The number of para-hydroxylation sites is 1. The van der Waals surface area contributed by atoms with E-state index in [1.54, 1.807) is 25.1 Å². The van der Waals surface area contributed by atoms with Crippen LogP contribution in [0.1, 0.15) is 5.56 Å². The number of sulfonamides is 1. The molecule has 0 aliphatic heterocycles. The van der Waals surface area contributed by atoms with E-state index in [4.69, 9.17) is 0 Å². The van der Waals surface area contributed by atoms with Gasteiger partial charge in [0.2, 0.25) is 15.9 Å². The zero-order valence-electron chi connectivity index (χ0n) is 13.4. The first-order valence-electron chi connectivity index (χ1n) is 6.94. The molecule has 0 heterocycles. The molecule has 134 valence electrons. The van der Waals surface area contributed by atoms with Gasteiger partial charge in [0.1, 0.15) is 13.1 Å². The Morgan fingerprint density at radius 2 is 1.88 bits per heavy atom. The van der Waals surface area contributed by atoms with E-state index in [-0.39, 0.29) is 12.2 Å². The van der Waals surface area contributed by atoms with E-state index >= 15 is 0 Å². The Morgan fingerprint density at radius 1 is 1.29 bits per heavy atom. The largest absolute Gasteiger partial charge is 0.406 e. The van der Waals surface area contributed by atoms with Crippen molar-refractivity contribution >= 4 is 21.6 Å². The van der Waals surface area contributed by atoms with Crippen LogP contribution in [0.5, 0.6) is 0 Å². The van der Waals surface area contributed by atoms with E-state index in [0.29, 0.717) is 10.5 Å². The average Bonchev–Trinajstić information content (AvgIpc) is 2.42. The molecule has 0 unspecified atom stereocenters. The van der Waals surface area contributed by atoms with Crippen LogP contribution in [0.4, 0.5) is 18.9 Å². The number of hydrogen-bond acceptors (Lipinski definition) is 3. The average molecular weight is 364 g/mol. The Morgan fingerprint density at radius 3 is 2.33 bits per heavy atom. The van der Waals surface area contributed by atoms with Crippen molar-refractivity contribution in [2.45, 2.75) is 13.1 Å². The summed E-state index contributed by atoms with van der Waals surface area (Å²) in [4.78, 5) is 12.7. The number of amides is 1. The Balaban J connectivity index is 3.12. The molecular weight excluding hydrogens is 345 g/mol. The number of nitrogens with zero attached hydrogens (tertiary/aromatic N) is 2. The molecule has 0 aromatic heterocycles. The highest BCUT2D eigenvalue weighted by Gasteiger charge is 2.34. The molecule has 5 nitrogen and oxygen atoms in total. The van der Waals surface area contributed by atoms with E-state index < -0.39 is 35.2 Å². The fraction of sp³-hybridized carbons (Fsp3) is 0.400. The molecule has 0 fully saturated rings. The molecule has 0 radical (unpaired) electrons. The third-order valence-electron chi connectivity index (χ3n) is 3.14. The third kappa shape index (κ3) is 5.88. The standard InChI is InChI=1S/C15H19F3N2O3S/c1-4-9-19(11-15(16,17)18)14(21)10-20(24(3,22)23)13-8-6-5-7-12(13)2/h4-8H,1,9-11H2,2-3H3. The minimum Gasteiger partial charge on any atom is -0.328 e. The lowest BCUT2D eigenvalue weighted by molar-refractivity contribution is -0.159. The zero-order chi connectivity index (χ0) is 18.5. The van der Waals surface area contributed by atoms with Crippen LogP contribution in [0.15, 0.2) is 36.9 Å². The molecule has 0 spiro atoms. The summed E-state index contributed by atoms with van der Waals surface area (Å²) >= 11 is 0. The Kier molecular flexibility index (Phi) is 6.42. The van der Waals surface area contributed by atoms with Crippen molar-refractivity contribution in [1.82, 2.24) is 4.90 Å². The first-order valence-corrected chi connectivity index (χ1v) is 8.79. The van der Waals surface area contributed by atoms with Crippen molar-refractivity contribution in [3.8, 4) is 0 Å². The van der Waals surface area contributed by atoms with Gasteiger partial charge in [0, 0.05) is 6.54 Å². The minimum atomic E-state index is -4.59. The SMILES string of the molecule is C=CCN(CC(F)(F)F)C(=O)CN(c1ccccc1C)S(C)(=O)=O. The van der Waals surface area contributed by atoms with Gasteiger partial charge in [-0.05, 0) is 18.6 Å². The summed E-state index contributed by atoms with van der Waals surface area (Å²) in [7, 11) is -3.85. The molecule has 0 aliphatic rings. The van der Waals surface area contributed by atoms with E-state index in [9.17, 15) is 26.4 Å². The number of halogens is 3. The van der Waals surface area contributed by atoms with Crippen molar-refractivity contribution in [2.24, 2.45) is 0 Å². The number of aryl methyl sites for hydroxylation is 1. The van der Waals surface area contributed by atoms with Crippen LogP contribution < -0.4 is 4.31 Å². The van der Waals surface area contributed by atoms with E-state index in [2.05, 4.69) is 6.58 Å². The maximum Gasteiger partial charge on any atom is 0.406 e. The van der Waals surface area contributed by atoms with E-state index in [1.165, 1.54) is 6.07 Å². The van der Waals surface area contributed by atoms with Gasteiger partial charge in [-0.25, -0.2) is 8.42 Å². The topological polar surface area (TPSA) is 57.7 Å². The number of carbonyl (C=O) groups excluding carboxylic acids is 1. The van der Waals surface area contributed by atoms with Gasteiger partial charge in [-0.15, -0.1) is 6.58 Å². The Hall–Kier alpha value is -2.03. The first kappa shape index (κ1) is 20.0. The predicted octanol–water partition coefficient (Wildman–Crippen LogP) is 2.34. The summed E-state index contributed by atoms with van der Waals surface area (Å²) in [5.41, 5.74) is 0.834. The lowest BCUT2D eigenvalue weighted by Crippen LogP contribution is -2.46. The summed E-state index contributed by atoms with van der Waals surface area (Å²) in [5, 5.41) is 0. The first-order chi connectivity index (χ1) is 11.0. The van der Waals surface area contributed by atoms with Crippen LogP contribution in [0.2, 0.25) is 0 Å². The smallest absolute Gasteiger partial charge is 0.328 e. The van der Waals surface area contributed by atoms with E-state index in [1.807, 2.05) is 0 Å². The molecule has 0 bridgehead atoms. The van der Waals surface area contributed by atoms with Crippen LogP contribution in [-0.4, -0.2) is 51.3 Å². The van der Waals surface area contributed by atoms with Crippen molar-refractivity contribution in [3.63, 3.8) is 0 Å². The molecule has 0 saturated carbocycles. The van der Waals surface area contributed by atoms with Crippen molar-refractivity contribution < 1.29 is 26.4 Å². The zero-order valence-corrected chi connectivity index (χ0v) is 14.2. The molecule has 0 atom stereocenters. The van der Waals surface area contributed by atoms with Crippen LogP contribution in [0.3, 0.4) is 0 Å². The summed E-state index contributed by atoms with van der Waals surface area (Å²) < 4.78 is 62.6. The van der Waals surface area contributed by atoms with Crippen LogP contribution in [-0.2, 0) is 14.8 Å². The minimum absolute atomic E-state index is 0.249. The summed E-state index contributed by atoms with van der Waals surface area (Å²) in [6.07, 6.45) is -2.53. The van der Waals surface area contributed by atoms with Crippen LogP contribution >= 0.6 is 0 Å². The summed E-state index contributed by atoms with van der Waals surface area (Å²) in [6.45, 7) is 2.45. The van der Waals surface area contributed by atoms with Crippen molar-refractivity contribution in [1.29, 1.82) is 0 Å². The quantitative estimate of drug-likeness (QED) is 0.698. The monoisotopic (exact) mass is 364 g/mol. The molecule has 9 heteroatoms. The predicted molar refractivity (Wildman–Crippen MR) is 86.2 cm³/mol. The third-order valence-corrected chi connectivity index (χ3v) is 4.26. The number of hydrogen-bond donors (Lipinski definition) is 0.